The lowest BCUT2D eigenvalue weighted by Gasteiger charge is -2.38. The second-order valence-electron chi connectivity index (χ2n) is 7.40. The average Bonchev–Trinajstić information content (AvgIpc) is 2.70. The zero-order valence-corrected chi connectivity index (χ0v) is 17.4. The third-order valence-electron chi connectivity index (χ3n) is 5.64. The van der Waals surface area contributed by atoms with Gasteiger partial charge in [0.05, 0.1) is 6.42 Å². The fraction of sp³-hybridized carbons (Fsp3) is 0.632. The minimum Gasteiger partial charge on any atom is -0.340 e. The summed E-state index contributed by atoms with van der Waals surface area (Å²) in [5.41, 5.74) is 0.913. The van der Waals surface area contributed by atoms with Crippen molar-refractivity contribution in [3.8, 4) is 0 Å². The first-order valence-electron chi connectivity index (χ1n) is 9.63. The maximum Gasteiger partial charge on any atom is 0.282 e. The second kappa shape index (κ2) is 8.90. The zero-order valence-electron chi connectivity index (χ0n) is 15.8. The summed E-state index contributed by atoms with van der Waals surface area (Å²) in [5.74, 6) is 0.0232. The Morgan fingerprint density at radius 2 is 1.67 bits per heavy atom. The number of hydrogen-bond donors (Lipinski definition) is 0. The molecule has 1 aromatic rings. The van der Waals surface area contributed by atoms with Crippen LogP contribution in [0.15, 0.2) is 24.3 Å². The number of benzene rings is 1. The number of nitrogens with zero attached hydrogens (tertiary/aromatic N) is 3. The summed E-state index contributed by atoms with van der Waals surface area (Å²) in [4.78, 5) is 14.3. The van der Waals surface area contributed by atoms with Crippen molar-refractivity contribution in [2.45, 2.75) is 44.6 Å². The summed E-state index contributed by atoms with van der Waals surface area (Å²) in [5, 5.41) is 0.645. The molecular weight excluding hydrogens is 386 g/mol. The predicted molar refractivity (Wildman–Crippen MR) is 107 cm³/mol. The first kappa shape index (κ1) is 20.6. The minimum atomic E-state index is -3.46. The molecule has 8 heteroatoms. The van der Waals surface area contributed by atoms with Crippen molar-refractivity contribution in [3.05, 3.63) is 34.9 Å². The van der Waals surface area contributed by atoms with Crippen molar-refractivity contribution in [1.29, 1.82) is 0 Å². The van der Waals surface area contributed by atoms with Gasteiger partial charge in [-0.1, -0.05) is 43.0 Å². The Morgan fingerprint density at radius 3 is 2.26 bits per heavy atom. The molecule has 0 atom stereocenters. The van der Waals surface area contributed by atoms with Crippen molar-refractivity contribution < 1.29 is 13.2 Å². The van der Waals surface area contributed by atoms with Gasteiger partial charge in [0.1, 0.15) is 0 Å². The number of amides is 1. The van der Waals surface area contributed by atoms with Crippen LogP contribution in [0.4, 0.5) is 0 Å². The van der Waals surface area contributed by atoms with Crippen LogP contribution in [0.5, 0.6) is 0 Å². The number of piperazine rings is 1. The Balaban J connectivity index is 1.54. The molecule has 0 bridgehead atoms. The van der Waals surface area contributed by atoms with Crippen LogP contribution < -0.4 is 0 Å². The Hall–Kier alpha value is -1.15. The van der Waals surface area contributed by atoms with E-state index in [-0.39, 0.29) is 11.9 Å². The van der Waals surface area contributed by atoms with E-state index in [0.717, 1.165) is 31.2 Å². The molecule has 1 aromatic carbocycles. The van der Waals surface area contributed by atoms with E-state index in [1.165, 1.54) is 10.7 Å². The van der Waals surface area contributed by atoms with Gasteiger partial charge in [-0.15, -0.1) is 0 Å². The number of hydrogen-bond acceptors (Lipinski definition) is 3. The molecular formula is C19H28ClN3O3S. The summed E-state index contributed by atoms with van der Waals surface area (Å²) in [7, 11) is -1.76. The molecule has 1 saturated carbocycles. The summed E-state index contributed by atoms with van der Waals surface area (Å²) in [6.45, 7) is 1.58. The number of carbonyl (C=O) groups excluding carboxylic acids is 1. The summed E-state index contributed by atoms with van der Waals surface area (Å²) in [6.07, 6.45) is 5.57. The van der Waals surface area contributed by atoms with E-state index in [1.807, 2.05) is 12.1 Å². The minimum absolute atomic E-state index is 0.0232. The van der Waals surface area contributed by atoms with Crippen molar-refractivity contribution in [2.75, 3.05) is 33.2 Å². The highest BCUT2D eigenvalue weighted by Gasteiger charge is 2.35. The Labute approximate surface area is 167 Å². The first-order valence-corrected chi connectivity index (χ1v) is 11.4. The molecule has 0 N–H and O–H groups in total. The van der Waals surface area contributed by atoms with E-state index in [9.17, 15) is 13.2 Å². The molecule has 3 rings (SSSR count). The first-order chi connectivity index (χ1) is 12.9. The normalized spacial score (nSPS) is 20.2. The topological polar surface area (TPSA) is 60.9 Å². The fourth-order valence-electron chi connectivity index (χ4n) is 3.87. The largest absolute Gasteiger partial charge is 0.340 e. The molecule has 1 saturated heterocycles. The maximum atomic E-state index is 12.9. The molecule has 0 spiro atoms. The third-order valence-corrected chi connectivity index (χ3v) is 7.93. The molecule has 1 heterocycles. The van der Waals surface area contributed by atoms with Crippen molar-refractivity contribution in [3.63, 3.8) is 0 Å². The summed E-state index contributed by atoms with van der Waals surface area (Å²) >= 11 is 5.88. The van der Waals surface area contributed by atoms with E-state index in [0.29, 0.717) is 37.6 Å². The third kappa shape index (κ3) is 5.02. The Bertz CT molecular complexity index is 740. The lowest BCUT2D eigenvalue weighted by atomic mass is 9.96. The van der Waals surface area contributed by atoms with Gasteiger partial charge in [-0.2, -0.15) is 17.0 Å². The van der Waals surface area contributed by atoms with E-state index in [2.05, 4.69) is 0 Å². The highest BCUT2D eigenvalue weighted by atomic mass is 35.5. The van der Waals surface area contributed by atoms with Crippen LogP contribution in [-0.2, 0) is 21.4 Å². The van der Waals surface area contributed by atoms with Crippen molar-refractivity contribution >= 4 is 27.7 Å². The van der Waals surface area contributed by atoms with Crippen LogP contribution in [0.2, 0.25) is 5.02 Å². The lowest BCUT2D eigenvalue weighted by Crippen LogP contribution is -2.55. The molecule has 2 fully saturated rings. The van der Waals surface area contributed by atoms with Gasteiger partial charge >= 0.3 is 0 Å². The maximum absolute atomic E-state index is 12.9. The molecule has 1 amide bonds. The molecule has 2 aliphatic rings. The highest BCUT2D eigenvalue weighted by molar-refractivity contribution is 7.86. The van der Waals surface area contributed by atoms with E-state index in [1.54, 1.807) is 28.4 Å². The summed E-state index contributed by atoms with van der Waals surface area (Å²) < 4.78 is 28.9. The number of carbonyl (C=O) groups is 1. The Morgan fingerprint density at radius 1 is 1.07 bits per heavy atom. The lowest BCUT2D eigenvalue weighted by molar-refractivity contribution is -0.131. The van der Waals surface area contributed by atoms with Gasteiger partial charge in [0, 0.05) is 44.3 Å². The van der Waals surface area contributed by atoms with Gasteiger partial charge < -0.3 is 4.90 Å². The van der Waals surface area contributed by atoms with Crippen molar-refractivity contribution in [2.24, 2.45) is 0 Å². The Kier molecular flexibility index (Phi) is 6.78. The highest BCUT2D eigenvalue weighted by Crippen LogP contribution is 2.25. The molecule has 0 radical (unpaired) electrons. The van der Waals surface area contributed by atoms with Gasteiger partial charge in [0.15, 0.2) is 0 Å². The smallest absolute Gasteiger partial charge is 0.282 e. The number of halogens is 1. The van der Waals surface area contributed by atoms with Crippen LogP contribution >= 0.6 is 11.6 Å². The van der Waals surface area contributed by atoms with Gasteiger partial charge in [-0.25, -0.2) is 0 Å². The van der Waals surface area contributed by atoms with E-state index < -0.39 is 10.2 Å². The van der Waals surface area contributed by atoms with Crippen LogP contribution in [0.25, 0.3) is 0 Å². The van der Waals surface area contributed by atoms with Gasteiger partial charge in [0.2, 0.25) is 5.91 Å². The van der Waals surface area contributed by atoms with Crippen LogP contribution in [0.1, 0.15) is 37.7 Å². The average molecular weight is 414 g/mol. The van der Waals surface area contributed by atoms with Crippen molar-refractivity contribution in [1.82, 2.24) is 13.5 Å². The summed E-state index contributed by atoms with van der Waals surface area (Å²) in [6, 6.07) is 7.35. The van der Waals surface area contributed by atoms with E-state index >= 15 is 0 Å². The SMILES string of the molecule is CN(C1CCCCC1)S(=O)(=O)N1CCN(C(=O)Cc2ccc(Cl)cc2)CC1. The van der Waals surface area contributed by atoms with Gasteiger partial charge in [-0.3, -0.25) is 4.79 Å². The van der Waals surface area contributed by atoms with E-state index in [4.69, 9.17) is 11.6 Å². The second-order valence-corrected chi connectivity index (χ2v) is 9.82. The van der Waals surface area contributed by atoms with Crippen LogP contribution in [0.3, 0.4) is 0 Å². The van der Waals surface area contributed by atoms with Gasteiger partial charge in [-0.05, 0) is 30.5 Å². The quantitative estimate of drug-likeness (QED) is 0.745. The van der Waals surface area contributed by atoms with Gasteiger partial charge in [0.25, 0.3) is 10.2 Å². The molecule has 6 nitrogen and oxygen atoms in total. The molecule has 1 aliphatic carbocycles. The molecule has 150 valence electrons. The standard InChI is InChI=1S/C19H28ClN3O3S/c1-21(18-5-3-2-4-6-18)27(25,26)23-13-11-22(12-14-23)19(24)15-16-7-9-17(20)10-8-16/h7-10,18H,2-6,11-15H2,1H3. The van der Waals surface area contributed by atoms with Crippen LogP contribution in [0, 0.1) is 0 Å². The van der Waals surface area contributed by atoms with Crippen LogP contribution in [-0.4, -0.2) is 67.1 Å². The molecule has 1 aliphatic heterocycles. The molecule has 0 unspecified atom stereocenters. The number of rotatable bonds is 5. The predicted octanol–water partition coefficient (Wildman–Crippen LogP) is 2.54. The fourth-order valence-corrected chi connectivity index (χ4v) is 5.57. The zero-order chi connectivity index (χ0) is 19.4. The monoisotopic (exact) mass is 413 g/mol. The molecule has 0 aromatic heterocycles. The molecule has 27 heavy (non-hydrogen) atoms.